The molecule has 0 aliphatic carbocycles. The summed E-state index contributed by atoms with van der Waals surface area (Å²) in [4.78, 5) is 2.56. The summed E-state index contributed by atoms with van der Waals surface area (Å²) in [6, 6.07) is 0.588. The van der Waals surface area contributed by atoms with Crippen LogP contribution < -0.4 is 5.32 Å². The molecule has 3 heteroatoms. The first-order valence-electron chi connectivity index (χ1n) is 7.01. The first kappa shape index (κ1) is 14.9. The molecule has 0 spiro atoms. The van der Waals surface area contributed by atoms with Gasteiger partial charge in [-0.05, 0) is 31.3 Å². The van der Waals surface area contributed by atoms with Crippen molar-refractivity contribution in [2.75, 3.05) is 33.3 Å². The predicted molar refractivity (Wildman–Crippen MR) is 73.3 cm³/mol. The molecule has 1 saturated heterocycles. The van der Waals surface area contributed by atoms with Crippen molar-refractivity contribution in [2.45, 2.75) is 46.3 Å². The summed E-state index contributed by atoms with van der Waals surface area (Å²) in [5.41, 5.74) is 0. The van der Waals surface area contributed by atoms with Gasteiger partial charge in [-0.25, -0.2) is 0 Å². The first-order chi connectivity index (χ1) is 8.02. The van der Waals surface area contributed by atoms with Crippen molar-refractivity contribution in [3.8, 4) is 0 Å². The molecule has 1 fully saturated rings. The van der Waals surface area contributed by atoms with Crippen LogP contribution in [0.4, 0.5) is 0 Å². The van der Waals surface area contributed by atoms with Gasteiger partial charge in [0.2, 0.25) is 0 Å². The minimum Gasteiger partial charge on any atom is -0.380 e. The molecule has 102 valence electrons. The highest BCUT2D eigenvalue weighted by molar-refractivity contribution is 4.79. The van der Waals surface area contributed by atoms with Crippen molar-refractivity contribution in [3.05, 3.63) is 0 Å². The molecule has 0 aromatic rings. The average Bonchev–Trinajstić information content (AvgIpc) is 2.29. The molecule has 0 radical (unpaired) electrons. The van der Waals surface area contributed by atoms with E-state index in [0.717, 1.165) is 13.1 Å². The lowest BCUT2D eigenvalue weighted by molar-refractivity contribution is -0.00858. The number of nitrogens with one attached hydrogen (secondary N) is 1. The smallest absolute Gasteiger partial charge is 0.0724 e. The van der Waals surface area contributed by atoms with Crippen LogP contribution in [0, 0.1) is 11.8 Å². The average molecular weight is 242 g/mol. The van der Waals surface area contributed by atoms with Gasteiger partial charge in [0.05, 0.1) is 6.10 Å². The van der Waals surface area contributed by atoms with E-state index in [9.17, 15) is 0 Å². The predicted octanol–water partition coefficient (Wildman–Crippen LogP) is 1.98. The van der Waals surface area contributed by atoms with E-state index in [0.29, 0.717) is 24.0 Å². The van der Waals surface area contributed by atoms with E-state index in [2.05, 4.69) is 37.9 Å². The lowest BCUT2D eigenvalue weighted by atomic mass is 9.95. The molecular weight excluding hydrogens is 212 g/mol. The number of nitrogens with zero attached hydrogens (tertiary/aromatic N) is 1. The van der Waals surface area contributed by atoms with Crippen LogP contribution in [0.15, 0.2) is 0 Å². The van der Waals surface area contributed by atoms with Crippen LogP contribution in [-0.4, -0.2) is 50.3 Å². The van der Waals surface area contributed by atoms with Crippen LogP contribution in [0.25, 0.3) is 0 Å². The summed E-state index contributed by atoms with van der Waals surface area (Å²) in [6.07, 6.45) is 1.69. The highest BCUT2D eigenvalue weighted by atomic mass is 16.5. The summed E-state index contributed by atoms with van der Waals surface area (Å²) in [7, 11) is 1.84. The molecule has 1 aliphatic heterocycles. The van der Waals surface area contributed by atoms with E-state index in [1.54, 1.807) is 0 Å². The Kier molecular flexibility index (Phi) is 6.45. The van der Waals surface area contributed by atoms with Crippen LogP contribution in [0.3, 0.4) is 0 Å². The Morgan fingerprint density at radius 3 is 2.65 bits per heavy atom. The van der Waals surface area contributed by atoms with Crippen molar-refractivity contribution < 1.29 is 4.74 Å². The fourth-order valence-corrected chi connectivity index (χ4v) is 2.51. The molecule has 0 aromatic heterocycles. The van der Waals surface area contributed by atoms with Crippen LogP contribution in [0.1, 0.15) is 34.1 Å². The van der Waals surface area contributed by atoms with Crippen molar-refractivity contribution in [2.24, 2.45) is 11.8 Å². The third-order valence-corrected chi connectivity index (χ3v) is 3.72. The lowest BCUT2D eigenvalue weighted by Gasteiger charge is -2.37. The number of piperidine rings is 1. The Morgan fingerprint density at radius 1 is 1.35 bits per heavy atom. The standard InChI is InChI=1S/C14H30N2O/c1-11(2)15-8-12(3)9-16-7-6-13(4)14(10-16)17-5/h11-15H,6-10H2,1-5H3. The number of rotatable bonds is 6. The maximum atomic E-state index is 5.56. The topological polar surface area (TPSA) is 24.5 Å². The first-order valence-corrected chi connectivity index (χ1v) is 7.01. The minimum absolute atomic E-state index is 0.425. The molecular formula is C14H30N2O. The summed E-state index contributed by atoms with van der Waals surface area (Å²) in [6.45, 7) is 13.7. The van der Waals surface area contributed by atoms with E-state index in [4.69, 9.17) is 4.74 Å². The van der Waals surface area contributed by atoms with Crippen LogP contribution in [0.2, 0.25) is 0 Å². The Labute approximate surface area is 107 Å². The normalized spacial score (nSPS) is 28.6. The fraction of sp³-hybridized carbons (Fsp3) is 1.00. The molecule has 3 unspecified atom stereocenters. The van der Waals surface area contributed by atoms with Gasteiger partial charge in [0, 0.05) is 26.2 Å². The van der Waals surface area contributed by atoms with Gasteiger partial charge in [-0.2, -0.15) is 0 Å². The van der Waals surface area contributed by atoms with Crippen molar-refractivity contribution in [3.63, 3.8) is 0 Å². The monoisotopic (exact) mass is 242 g/mol. The van der Waals surface area contributed by atoms with E-state index >= 15 is 0 Å². The molecule has 1 aliphatic rings. The fourth-order valence-electron chi connectivity index (χ4n) is 2.51. The molecule has 0 saturated carbocycles. The zero-order valence-electron chi connectivity index (χ0n) is 12.2. The second-order valence-corrected chi connectivity index (χ2v) is 5.97. The Bertz CT molecular complexity index is 208. The van der Waals surface area contributed by atoms with E-state index < -0.39 is 0 Å². The Hall–Kier alpha value is -0.120. The molecule has 1 N–H and O–H groups in total. The van der Waals surface area contributed by atoms with Crippen LogP contribution in [-0.2, 0) is 4.74 Å². The van der Waals surface area contributed by atoms with Gasteiger partial charge >= 0.3 is 0 Å². The second kappa shape index (κ2) is 7.34. The van der Waals surface area contributed by atoms with Gasteiger partial charge in [-0.1, -0.05) is 27.7 Å². The van der Waals surface area contributed by atoms with E-state index in [1.165, 1.54) is 19.5 Å². The number of methoxy groups -OCH3 is 1. The van der Waals surface area contributed by atoms with Gasteiger partial charge in [0.15, 0.2) is 0 Å². The molecule has 0 aromatic carbocycles. The Morgan fingerprint density at radius 2 is 2.06 bits per heavy atom. The van der Waals surface area contributed by atoms with Crippen molar-refractivity contribution in [1.82, 2.24) is 10.2 Å². The molecule has 17 heavy (non-hydrogen) atoms. The van der Waals surface area contributed by atoms with Gasteiger partial charge in [-0.15, -0.1) is 0 Å². The SMILES string of the molecule is COC1CN(CC(C)CNC(C)C)CCC1C. The van der Waals surface area contributed by atoms with E-state index in [1.807, 2.05) is 7.11 Å². The van der Waals surface area contributed by atoms with Crippen LogP contribution in [0.5, 0.6) is 0 Å². The van der Waals surface area contributed by atoms with E-state index in [-0.39, 0.29) is 0 Å². The Balaban J connectivity index is 2.26. The second-order valence-electron chi connectivity index (χ2n) is 5.97. The maximum absolute atomic E-state index is 5.56. The number of ether oxygens (including phenoxy) is 1. The minimum atomic E-state index is 0.425. The number of hydrogen-bond acceptors (Lipinski definition) is 3. The van der Waals surface area contributed by atoms with Gasteiger partial charge in [0.25, 0.3) is 0 Å². The zero-order valence-corrected chi connectivity index (χ0v) is 12.2. The van der Waals surface area contributed by atoms with Crippen molar-refractivity contribution >= 4 is 0 Å². The third-order valence-electron chi connectivity index (χ3n) is 3.72. The molecule has 0 amide bonds. The third kappa shape index (κ3) is 5.36. The van der Waals surface area contributed by atoms with Gasteiger partial charge < -0.3 is 15.0 Å². The molecule has 1 rings (SSSR count). The molecule has 1 heterocycles. The molecule has 0 bridgehead atoms. The lowest BCUT2D eigenvalue weighted by Crippen LogP contribution is -2.46. The number of likely N-dealkylation sites (tertiary alicyclic amines) is 1. The highest BCUT2D eigenvalue weighted by Crippen LogP contribution is 2.20. The quantitative estimate of drug-likeness (QED) is 0.771. The van der Waals surface area contributed by atoms with Crippen LogP contribution >= 0.6 is 0 Å². The maximum Gasteiger partial charge on any atom is 0.0724 e. The van der Waals surface area contributed by atoms with Crippen molar-refractivity contribution in [1.29, 1.82) is 0 Å². The summed E-state index contributed by atoms with van der Waals surface area (Å²) in [5.74, 6) is 1.42. The zero-order chi connectivity index (χ0) is 12.8. The summed E-state index contributed by atoms with van der Waals surface area (Å²) >= 11 is 0. The largest absolute Gasteiger partial charge is 0.380 e. The van der Waals surface area contributed by atoms with Gasteiger partial charge in [-0.3, -0.25) is 0 Å². The summed E-state index contributed by atoms with van der Waals surface area (Å²) < 4.78 is 5.56. The number of hydrogen-bond donors (Lipinski definition) is 1. The molecule has 3 nitrogen and oxygen atoms in total. The van der Waals surface area contributed by atoms with Gasteiger partial charge in [0.1, 0.15) is 0 Å². The molecule has 3 atom stereocenters. The summed E-state index contributed by atoms with van der Waals surface area (Å²) in [5, 5.41) is 3.51. The highest BCUT2D eigenvalue weighted by Gasteiger charge is 2.26.